The number of ether oxygens (including phenoxy) is 2. The molecule has 0 fully saturated rings. The maximum atomic E-state index is 6.20. The van der Waals surface area contributed by atoms with Crippen LogP contribution in [-0.4, -0.2) is 13.7 Å². The van der Waals surface area contributed by atoms with E-state index in [2.05, 4.69) is 15.9 Å². The van der Waals surface area contributed by atoms with Crippen molar-refractivity contribution in [2.75, 3.05) is 13.7 Å². The number of hydrogen-bond acceptors (Lipinski definition) is 3. The molecule has 0 aliphatic carbocycles. The van der Waals surface area contributed by atoms with Gasteiger partial charge in [0.15, 0.2) is 0 Å². The molecule has 3 rings (SSSR count). The monoisotopic (exact) mass is 358 g/mol. The number of fused-ring (bicyclic) bond motifs is 1. The van der Waals surface area contributed by atoms with Crippen molar-refractivity contribution in [2.45, 2.75) is 11.2 Å². The fraction of sp³-hybridized carbons (Fsp3) is 0.286. The molecule has 0 saturated carbocycles. The first kappa shape index (κ1) is 13.3. The van der Waals surface area contributed by atoms with E-state index >= 15 is 0 Å². The normalized spacial score (nSPS) is 14.9. The van der Waals surface area contributed by atoms with Crippen molar-refractivity contribution in [3.05, 3.63) is 44.6 Å². The van der Waals surface area contributed by atoms with Crippen LogP contribution in [0.15, 0.2) is 23.6 Å². The highest BCUT2D eigenvalue weighted by Gasteiger charge is 2.25. The summed E-state index contributed by atoms with van der Waals surface area (Å²) in [7, 11) is 1.68. The summed E-state index contributed by atoms with van der Waals surface area (Å²) in [6.45, 7) is 0.726. The molecule has 0 saturated heterocycles. The van der Waals surface area contributed by atoms with Gasteiger partial charge in [-0.25, -0.2) is 0 Å². The largest absolute Gasteiger partial charge is 0.496 e. The van der Waals surface area contributed by atoms with Gasteiger partial charge in [0, 0.05) is 17.0 Å². The molecule has 2 heterocycles. The van der Waals surface area contributed by atoms with Crippen molar-refractivity contribution >= 4 is 38.9 Å². The van der Waals surface area contributed by atoms with Gasteiger partial charge in [-0.05, 0) is 29.1 Å². The minimum absolute atomic E-state index is 0.0352. The molecular formula is C14H12BrClO2S. The molecule has 0 N–H and O–H groups in total. The SMILES string of the molecule is COc1ccsc1C(Br)c1cc(Cl)cc2c1OCC2. The Kier molecular flexibility index (Phi) is 3.74. The first-order valence-corrected chi connectivity index (χ1v) is 8.08. The van der Waals surface area contributed by atoms with E-state index in [1.807, 2.05) is 23.6 Å². The van der Waals surface area contributed by atoms with Gasteiger partial charge in [-0.1, -0.05) is 27.5 Å². The second kappa shape index (κ2) is 5.35. The quantitative estimate of drug-likeness (QED) is 0.731. The molecule has 1 unspecified atom stereocenters. The van der Waals surface area contributed by atoms with E-state index in [0.29, 0.717) is 0 Å². The molecule has 1 atom stereocenters. The van der Waals surface area contributed by atoms with E-state index in [-0.39, 0.29) is 4.83 Å². The van der Waals surface area contributed by atoms with Gasteiger partial charge >= 0.3 is 0 Å². The van der Waals surface area contributed by atoms with E-state index in [1.54, 1.807) is 18.4 Å². The lowest BCUT2D eigenvalue weighted by molar-refractivity contribution is 0.353. The van der Waals surface area contributed by atoms with E-state index < -0.39 is 0 Å². The van der Waals surface area contributed by atoms with Crippen LogP contribution < -0.4 is 9.47 Å². The lowest BCUT2D eigenvalue weighted by Crippen LogP contribution is -1.97. The summed E-state index contributed by atoms with van der Waals surface area (Å²) >= 11 is 11.6. The first-order valence-electron chi connectivity index (χ1n) is 5.91. The van der Waals surface area contributed by atoms with E-state index in [1.165, 1.54) is 5.56 Å². The third-order valence-corrected chi connectivity index (χ3v) is 5.59. The lowest BCUT2D eigenvalue weighted by atomic mass is 10.0. The number of rotatable bonds is 3. The zero-order valence-electron chi connectivity index (χ0n) is 10.3. The third kappa shape index (κ3) is 2.37. The van der Waals surface area contributed by atoms with Gasteiger partial charge in [-0.3, -0.25) is 0 Å². The Morgan fingerprint density at radius 1 is 1.47 bits per heavy atom. The highest BCUT2D eigenvalue weighted by Crippen LogP contribution is 2.46. The lowest BCUT2D eigenvalue weighted by Gasteiger charge is -2.15. The average Bonchev–Trinajstić information content (AvgIpc) is 3.04. The van der Waals surface area contributed by atoms with Crippen LogP contribution in [0.5, 0.6) is 11.5 Å². The maximum absolute atomic E-state index is 6.20. The Hall–Kier alpha value is -0.710. The van der Waals surface area contributed by atoms with E-state index in [9.17, 15) is 0 Å². The first-order chi connectivity index (χ1) is 9.20. The molecule has 5 heteroatoms. The minimum Gasteiger partial charge on any atom is -0.496 e. The molecule has 0 amide bonds. The van der Waals surface area contributed by atoms with Crippen LogP contribution in [0.2, 0.25) is 5.02 Å². The van der Waals surface area contributed by atoms with Crippen molar-refractivity contribution in [1.82, 2.24) is 0 Å². The third-order valence-electron chi connectivity index (χ3n) is 3.16. The molecule has 1 aromatic heterocycles. The zero-order valence-corrected chi connectivity index (χ0v) is 13.4. The predicted octanol–water partition coefficient (Wildman–Crippen LogP) is 4.83. The predicted molar refractivity (Wildman–Crippen MR) is 82.3 cm³/mol. The van der Waals surface area contributed by atoms with Crippen molar-refractivity contribution in [2.24, 2.45) is 0 Å². The Balaban J connectivity index is 2.07. The number of halogens is 2. The summed E-state index contributed by atoms with van der Waals surface area (Å²) in [5, 5.41) is 2.77. The van der Waals surface area contributed by atoms with Crippen LogP contribution in [0.4, 0.5) is 0 Å². The van der Waals surface area contributed by atoms with Gasteiger partial charge in [-0.15, -0.1) is 11.3 Å². The van der Waals surface area contributed by atoms with E-state index in [4.69, 9.17) is 21.1 Å². The van der Waals surface area contributed by atoms with Gasteiger partial charge in [0.2, 0.25) is 0 Å². The Morgan fingerprint density at radius 2 is 2.32 bits per heavy atom. The zero-order chi connectivity index (χ0) is 13.4. The molecule has 2 aromatic rings. The molecule has 2 nitrogen and oxygen atoms in total. The van der Waals surface area contributed by atoms with Crippen LogP contribution in [0.3, 0.4) is 0 Å². The van der Waals surface area contributed by atoms with Gasteiger partial charge in [0.1, 0.15) is 11.5 Å². The number of alkyl halides is 1. The molecule has 0 bridgehead atoms. The second-order valence-corrected chi connectivity index (χ2v) is 6.60. The summed E-state index contributed by atoms with van der Waals surface area (Å²) in [5.41, 5.74) is 2.25. The van der Waals surface area contributed by atoms with Crippen molar-refractivity contribution in [1.29, 1.82) is 0 Å². The Labute approximate surface area is 129 Å². The smallest absolute Gasteiger partial charge is 0.134 e. The van der Waals surface area contributed by atoms with Crippen molar-refractivity contribution < 1.29 is 9.47 Å². The highest BCUT2D eigenvalue weighted by molar-refractivity contribution is 9.09. The number of thiophene rings is 1. The Morgan fingerprint density at radius 3 is 3.11 bits per heavy atom. The van der Waals surface area contributed by atoms with Crippen LogP contribution >= 0.6 is 38.9 Å². The van der Waals surface area contributed by atoms with Gasteiger partial charge in [0.25, 0.3) is 0 Å². The minimum atomic E-state index is 0.0352. The van der Waals surface area contributed by atoms with Crippen LogP contribution in [-0.2, 0) is 6.42 Å². The summed E-state index contributed by atoms with van der Waals surface area (Å²) in [6.07, 6.45) is 0.921. The molecule has 1 aliphatic rings. The topological polar surface area (TPSA) is 18.5 Å². The van der Waals surface area contributed by atoms with E-state index in [0.717, 1.165) is 40.0 Å². The van der Waals surface area contributed by atoms with Gasteiger partial charge in [0.05, 0.1) is 23.4 Å². The van der Waals surface area contributed by atoms with Gasteiger partial charge < -0.3 is 9.47 Å². The summed E-state index contributed by atoms with van der Waals surface area (Å²) in [6, 6.07) is 5.92. The Bertz CT molecular complexity index is 611. The second-order valence-electron chi connectivity index (χ2n) is 4.30. The molecule has 0 spiro atoms. The highest BCUT2D eigenvalue weighted by atomic mass is 79.9. The molecule has 19 heavy (non-hydrogen) atoms. The van der Waals surface area contributed by atoms with Crippen LogP contribution in [0.25, 0.3) is 0 Å². The maximum Gasteiger partial charge on any atom is 0.134 e. The number of hydrogen-bond donors (Lipinski definition) is 0. The number of methoxy groups -OCH3 is 1. The summed E-state index contributed by atoms with van der Waals surface area (Å²) in [5.74, 6) is 1.85. The van der Waals surface area contributed by atoms with Crippen LogP contribution in [0, 0.1) is 0 Å². The standard InChI is InChI=1S/C14H12BrClO2S/c1-17-11-3-5-19-14(11)12(15)10-7-9(16)6-8-2-4-18-13(8)10/h3,5-7,12H,2,4H2,1H3. The molecule has 1 aromatic carbocycles. The molecule has 1 aliphatic heterocycles. The fourth-order valence-corrected chi connectivity index (χ4v) is 4.28. The molecule has 100 valence electrons. The average molecular weight is 360 g/mol. The number of benzene rings is 1. The van der Waals surface area contributed by atoms with Crippen LogP contribution in [0.1, 0.15) is 20.8 Å². The summed E-state index contributed by atoms with van der Waals surface area (Å²) < 4.78 is 11.1. The molecular weight excluding hydrogens is 348 g/mol. The van der Waals surface area contributed by atoms with Crippen molar-refractivity contribution in [3.8, 4) is 11.5 Å². The fourth-order valence-electron chi connectivity index (χ4n) is 2.29. The molecule has 0 radical (unpaired) electrons. The van der Waals surface area contributed by atoms with Gasteiger partial charge in [-0.2, -0.15) is 0 Å². The van der Waals surface area contributed by atoms with Crippen molar-refractivity contribution in [3.63, 3.8) is 0 Å². The summed E-state index contributed by atoms with van der Waals surface area (Å²) in [4.78, 5) is 1.16.